The van der Waals surface area contributed by atoms with E-state index in [1.165, 1.54) is 0 Å². The molecule has 0 fully saturated rings. The Kier molecular flexibility index (Phi) is 4.03. The molecule has 1 aromatic carbocycles. The summed E-state index contributed by atoms with van der Waals surface area (Å²) in [5, 5.41) is 0. The molecule has 1 atom stereocenters. The van der Waals surface area contributed by atoms with Crippen LogP contribution in [0.5, 0.6) is 0 Å². The fourth-order valence-electron chi connectivity index (χ4n) is 1.37. The van der Waals surface area contributed by atoms with Crippen molar-refractivity contribution in [2.24, 2.45) is 5.73 Å². The van der Waals surface area contributed by atoms with Gasteiger partial charge in [-0.1, -0.05) is 12.1 Å². The van der Waals surface area contributed by atoms with Gasteiger partial charge in [-0.25, -0.2) is 13.2 Å². The lowest BCUT2D eigenvalue weighted by molar-refractivity contribution is -0.140. The van der Waals surface area contributed by atoms with Crippen molar-refractivity contribution in [2.75, 3.05) is 0 Å². The number of benzene rings is 1. The van der Waals surface area contributed by atoms with Crippen molar-refractivity contribution in [2.45, 2.75) is 25.1 Å². The predicted octanol–water partition coefficient (Wildman–Crippen LogP) is 3.50. The normalized spacial score (nSPS) is 14.1. The van der Waals surface area contributed by atoms with Crippen LogP contribution in [0.15, 0.2) is 18.2 Å². The van der Waals surface area contributed by atoms with E-state index in [4.69, 9.17) is 5.73 Å². The van der Waals surface area contributed by atoms with Crippen LogP contribution in [0.4, 0.5) is 26.3 Å². The van der Waals surface area contributed by atoms with Crippen LogP contribution in [0.3, 0.4) is 0 Å². The van der Waals surface area contributed by atoms with E-state index in [2.05, 4.69) is 0 Å². The molecule has 1 aromatic rings. The summed E-state index contributed by atoms with van der Waals surface area (Å²) >= 11 is 0. The van der Waals surface area contributed by atoms with Crippen molar-refractivity contribution in [1.82, 2.24) is 0 Å². The van der Waals surface area contributed by atoms with E-state index in [-0.39, 0.29) is 0 Å². The number of rotatable bonds is 3. The van der Waals surface area contributed by atoms with E-state index < -0.39 is 42.0 Å². The van der Waals surface area contributed by atoms with Crippen LogP contribution in [0, 0.1) is 5.82 Å². The van der Waals surface area contributed by atoms with Gasteiger partial charge in [-0.05, 0) is 6.07 Å². The first-order chi connectivity index (χ1) is 7.73. The Bertz CT molecular complexity index is 387. The Labute approximate surface area is 93.2 Å². The third-order valence-electron chi connectivity index (χ3n) is 2.17. The molecular weight excluding hydrogens is 248 g/mol. The number of hydrogen-bond donors (Lipinski definition) is 1. The van der Waals surface area contributed by atoms with Gasteiger partial charge in [0.05, 0.1) is 5.56 Å². The topological polar surface area (TPSA) is 26.0 Å². The van der Waals surface area contributed by atoms with Gasteiger partial charge in [0.25, 0.3) is 0 Å². The lowest BCUT2D eigenvalue weighted by Crippen LogP contribution is -2.18. The minimum atomic E-state index is -4.87. The highest BCUT2D eigenvalue weighted by molar-refractivity contribution is 5.30. The number of halogens is 6. The first-order valence-electron chi connectivity index (χ1n) is 4.62. The highest BCUT2D eigenvalue weighted by Crippen LogP contribution is 2.34. The SMILES string of the molecule is N[C@@H](CC(F)F)c1cccc(C(F)(F)F)c1F. The predicted molar refractivity (Wildman–Crippen MR) is 49.0 cm³/mol. The summed E-state index contributed by atoms with van der Waals surface area (Å²) in [6, 6.07) is 0.982. The van der Waals surface area contributed by atoms with Crippen LogP contribution >= 0.6 is 0 Å². The molecule has 96 valence electrons. The molecule has 0 spiro atoms. The van der Waals surface area contributed by atoms with Gasteiger partial charge in [-0.2, -0.15) is 13.2 Å². The monoisotopic (exact) mass is 257 g/mol. The summed E-state index contributed by atoms with van der Waals surface area (Å²) in [5.41, 5.74) is 3.17. The molecule has 2 N–H and O–H groups in total. The standard InChI is InChI=1S/C10H9F6N/c11-8(12)4-7(17)5-2-1-3-6(9(5)13)10(14,15)16/h1-3,7-8H,4,17H2/t7-/m0/s1. The summed E-state index contributed by atoms with van der Waals surface area (Å²) in [6.45, 7) is 0. The highest BCUT2D eigenvalue weighted by atomic mass is 19.4. The summed E-state index contributed by atoms with van der Waals surface area (Å²) in [7, 11) is 0. The minimum absolute atomic E-state index is 0.536. The third kappa shape index (κ3) is 3.36. The molecule has 0 unspecified atom stereocenters. The summed E-state index contributed by atoms with van der Waals surface area (Å²) in [4.78, 5) is 0. The van der Waals surface area contributed by atoms with Crippen molar-refractivity contribution in [3.05, 3.63) is 35.1 Å². The van der Waals surface area contributed by atoms with E-state index in [1.807, 2.05) is 0 Å². The molecule has 0 aliphatic heterocycles. The molecule has 17 heavy (non-hydrogen) atoms. The zero-order valence-corrected chi connectivity index (χ0v) is 8.44. The van der Waals surface area contributed by atoms with Gasteiger partial charge in [0.1, 0.15) is 5.82 Å². The second-order valence-corrected chi connectivity index (χ2v) is 3.44. The highest BCUT2D eigenvalue weighted by Gasteiger charge is 2.35. The molecule has 0 aliphatic rings. The van der Waals surface area contributed by atoms with Gasteiger partial charge >= 0.3 is 6.18 Å². The zero-order chi connectivity index (χ0) is 13.2. The maximum Gasteiger partial charge on any atom is 0.419 e. The van der Waals surface area contributed by atoms with Crippen LogP contribution < -0.4 is 5.73 Å². The molecular formula is C10H9F6N. The second kappa shape index (κ2) is 4.95. The van der Waals surface area contributed by atoms with Gasteiger partial charge in [-0.15, -0.1) is 0 Å². The van der Waals surface area contributed by atoms with Crippen molar-refractivity contribution < 1.29 is 26.3 Å². The molecule has 7 heteroatoms. The maximum atomic E-state index is 13.4. The number of hydrogen-bond acceptors (Lipinski definition) is 1. The molecule has 1 rings (SSSR count). The molecule has 0 heterocycles. The third-order valence-corrected chi connectivity index (χ3v) is 2.17. The van der Waals surface area contributed by atoms with Crippen molar-refractivity contribution in [3.8, 4) is 0 Å². The zero-order valence-electron chi connectivity index (χ0n) is 8.44. The molecule has 0 radical (unpaired) electrons. The minimum Gasteiger partial charge on any atom is -0.324 e. The molecule has 0 amide bonds. The Balaban J connectivity index is 3.10. The average Bonchev–Trinajstić information content (AvgIpc) is 2.14. The molecule has 0 aliphatic carbocycles. The summed E-state index contributed by atoms with van der Waals surface area (Å²) < 4.78 is 74.4. The van der Waals surface area contributed by atoms with Gasteiger partial charge in [0, 0.05) is 18.0 Å². The van der Waals surface area contributed by atoms with Crippen molar-refractivity contribution in [1.29, 1.82) is 0 Å². The van der Waals surface area contributed by atoms with E-state index in [0.29, 0.717) is 6.07 Å². The number of nitrogens with two attached hydrogens (primary N) is 1. The number of alkyl halides is 5. The van der Waals surface area contributed by atoms with E-state index in [9.17, 15) is 26.3 Å². The van der Waals surface area contributed by atoms with Gasteiger partial charge in [0.15, 0.2) is 0 Å². The fraction of sp³-hybridized carbons (Fsp3) is 0.400. The van der Waals surface area contributed by atoms with Crippen LogP contribution in [-0.2, 0) is 6.18 Å². The summed E-state index contributed by atoms with van der Waals surface area (Å²) in [5.74, 6) is -1.59. The lowest BCUT2D eigenvalue weighted by atomic mass is 10.0. The quantitative estimate of drug-likeness (QED) is 0.824. The van der Waals surface area contributed by atoms with E-state index in [0.717, 1.165) is 12.1 Å². The summed E-state index contributed by atoms with van der Waals surface area (Å²) in [6.07, 6.45) is -8.57. The van der Waals surface area contributed by atoms with Gasteiger partial charge in [-0.3, -0.25) is 0 Å². The Hall–Kier alpha value is -1.24. The first kappa shape index (κ1) is 13.8. The van der Waals surface area contributed by atoms with E-state index >= 15 is 0 Å². The molecule has 0 saturated carbocycles. The molecule has 0 saturated heterocycles. The fourth-order valence-corrected chi connectivity index (χ4v) is 1.37. The first-order valence-corrected chi connectivity index (χ1v) is 4.62. The van der Waals surface area contributed by atoms with Crippen molar-refractivity contribution >= 4 is 0 Å². The van der Waals surface area contributed by atoms with Crippen LogP contribution in [0.2, 0.25) is 0 Å². The Morgan fingerprint density at radius 1 is 1.18 bits per heavy atom. The average molecular weight is 257 g/mol. The maximum absolute atomic E-state index is 13.4. The molecule has 1 nitrogen and oxygen atoms in total. The molecule has 0 bridgehead atoms. The van der Waals surface area contributed by atoms with Gasteiger partial charge < -0.3 is 5.73 Å². The van der Waals surface area contributed by atoms with E-state index in [1.54, 1.807) is 0 Å². The largest absolute Gasteiger partial charge is 0.419 e. The van der Waals surface area contributed by atoms with Gasteiger partial charge in [0.2, 0.25) is 6.43 Å². The second-order valence-electron chi connectivity index (χ2n) is 3.44. The lowest BCUT2D eigenvalue weighted by Gasteiger charge is -2.15. The van der Waals surface area contributed by atoms with Crippen molar-refractivity contribution in [3.63, 3.8) is 0 Å². The molecule has 0 aromatic heterocycles. The van der Waals surface area contributed by atoms with Crippen LogP contribution in [-0.4, -0.2) is 6.43 Å². The van der Waals surface area contributed by atoms with Crippen LogP contribution in [0.25, 0.3) is 0 Å². The smallest absolute Gasteiger partial charge is 0.324 e. The van der Waals surface area contributed by atoms with Crippen LogP contribution in [0.1, 0.15) is 23.6 Å². The Morgan fingerprint density at radius 2 is 1.76 bits per heavy atom. The Morgan fingerprint density at radius 3 is 2.24 bits per heavy atom.